The number of ether oxygens (including phenoxy) is 4. The molecule has 4 N–H and O–H groups in total. The molecule has 0 spiro atoms. The van der Waals surface area contributed by atoms with Gasteiger partial charge in [-0.2, -0.15) is 0 Å². The van der Waals surface area contributed by atoms with E-state index in [1.807, 2.05) is 27.7 Å². The van der Waals surface area contributed by atoms with Gasteiger partial charge in [-0.15, -0.1) is 0 Å². The van der Waals surface area contributed by atoms with Gasteiger partial charge >= 0.3 is 24.4 Å². The third kappa shape index (κ3) is 19.3. The fourth-order valence-corrected chi connectivity index (χ4v) is 5.23. The Hall–Kier alpha value is -2.49. The summed E-state index contributed by atoms with van der Waals surface area (Å²) < 4.78 is 20.7. The number of rotatable bonds is 20. The van der Waals surface area contributed by atoms with E-state index in [4.69, 9.17) is 18.9 Å². The van der Waals surface area contributed by atoms with Gasteiger partial charge in [0.25, 0.3) is 0 Å². The summed E-state index contributed by atoms with van der Waals surface area (Å²) in [6, 6.07) is 0. The molecule has 0 aromatic rings. The molecule has 37 heavy (non-hydrogen) atoms. The highest BCUT2D eigenvalue weighted by atomic mass is 31.2. The SMILES string of the molecule is CCCCOC(=O)NC[P+](CNC(=O)OCCCC)(CNC(=O)OCCCC)CNC(=O)OCCCC. The molecule has 13 heteroatoms. The lowest BCUT2D eigenvalue weighted by atomic mass is 10.4. The molecule has 4 amide bonds. The Bertz CT molecular complexity index is 545. The van der Waals surface area contributed by atoms with Crippen LogP contribution in [0.25, 0.3) is 0 Å². The highest BCUT2D eigenvalue weighted by Crippen LogP contribution is 2.55. The maximum Gasteiger partial charge on any atom is 0.409 e. The van der Waals surface area contributed by atoms with E-state index < -0.39 is 31.6 Å². The van der Waals surface area contributed by atoms with E-state index in [1.165, 1.54) is 0 Å². The summed E-state index contributed by atoms with van der Waals surface area (Å²) in [5.41, 5.74) is 0. The van der Waals surface area contributed by atoms with Crippen LogP contribution >= 0.6 is 7.26 Å². The van der Waals surface area contributed by atoms with Crippen molar-refractivity contribution in [1.82, 2.24) is 21.3 Å². The second kappa shape index (κ2) is 22.7. The number of carbonyl (C=O) groups is 4. The van der Waals surface area contributed by atoms with Gasteiger partial charge in [-0.3, -0.25) is 21.3 Å². The van der Waals surface area contributed by atoms with Gasteiger partial charge in [0, 0.05) is 0 Å². The summed E-state index contributed by atoms with van der Waals surface area (Å²) in [6.07, 6.45) is 4.31. The Morgan fingerprint density at radius 2 is 0.676 bits per heavy atom. The fraction of sp³-hybridized carbons (Fsp3) is 0.833. The lowest BCUT2D eigenvalue weighted by Gasteiger charge is -2.27. The molecule has 0 saturated heterocycles. The number of unbranched alkanes of at least 4 members (excludes halogenated alkanes) is 4. The molecule has 0 rings (SSSR count). The lowest BCUT2D eigenvalue weighted by Crippen LogP contribution is -2.42. The molecule has 0 aromatic heterocycles. The molecule has 0 unspecified atom stereocenters. The molecule has 0 fully saturated rings. The molecule has 0 radical (unpaired) electrons. The van der Waals surface area contributed by atoms with E-state index >= 15 is 0 Å². The minimum absolute atomic E-state index is 0.0810. The van der Waals surface area contributed by atoms with Crippen molar-refractivity contribution in [2.75, 3.05) is 51.6 Å². The van der Waals surface area contributed by atoms with Crippen LogP contribution in [0.3, 0.4) is 0 Å². The number of amides is 4. The van der Waals surface area contributed by atoms with Crippen molar-refractivity contribution in [1.29, 1.82) is 0 Å². The Kier molecular flexibility index (Phi) is 21.2. The predicted octanol–water partition coefficient (Wildman–Crippen LogP) is 4.94. The lowest BCUT2D eigenvalue weighted by molar-refractivity contribution is 0.146. The molecule has 0 heterocycles. The van der Waals surface area contributed by atoms with Gasteiger partial charge in [-0.1, -0.05) is 53.4 Å². The summed E-state index contributed by atoms with van der Waals surface area (Å²) in [5, 5.41) is 10.9. The first kappa shape index (κ1) is 34.5. The Labute approximate surface area is 222 Å². The first-order valence-corrected chi connectivity index (χ1v) is 15.8. The van der Waals surface area contributed by atoms with Crippen molar-refractivity contribution in [3.05, 3.63) is 0 Å². The van der Waals surface area contributed by atoms with E-state index in [-0.39, 0.29) is 51.6 Å². The van der Waals surface area contributed by atoms with Crippen LogP contribution in [0.1, 0.15) is 79.1 Å². The molecule has 12 nitrogen and oxygen atoms in total. The zero-order valence-electron chi connectivity index (χ0n) is 23.0. The highest BCUT2D eigenvalue weighted by Gasteiger charge is 2.40. The maximum absolute atomic E-state index is 12.3. The second-order valence-electron chi connectivity index (χ2n) is 8.64. The summed E-state index contributed by atoms with van der Waals surface area (Å²) in [6.45, 7) is 9.05. The Balaban J connectivity index is 5.45. The number of carbonyl (C=O) groups excluding carboxylic acids is 4. The van der Waals surface area contributed by atoms with Crippen molar-refractivity contribution >= 4 is 31.6 Å². The number of hydrogen-bond donors (Lipinski definition) is 4. The van der Waals surface area contributed by atoms with Gasteiger partial charge in [-0.05, 0) is 25.7 Å². The van der Waals surface area contributed by atoms with E-state index in [1.54, 1.807) is 0 Å². The van der Waals surface area contributed by atoms with Crippen LogP contribution in [-0.2, 0) is 18.9 Å². The van der Waals surface area contributed by atoms with Gasteiger partial charge in [0.1, 0.15) is 25.1 Å². The minimum atomic E-state index is -2.52. The topological polar surface area (TPSA) is 153 Å². The smallest absolute Gasteiger partial charge is 0.409 e. The van der Waals surface area contributed by atoms with Gasteiger partial charge in [0.15, 0.2) is 0 Å². The van der Waals surface area contributed by atoms with Crippen LogP contribution in [0.2, 0.25) is 0 Å². The molecule has 0 aromatic carbocycles. The highest BCUT2D eigenvalue weighted by molar-refractivity contribution is 7.75. The zero-order chi connectivity index (χ0) is 27.8. The van der Waals surface area contributed by atoms with E-state index in [0.717, 1.165) is 51.4 Å². The molecule has 0 saturated carbocycles. The van der Waals surface area contributed by atoms with Gasteiger partial charge in [-0.25, -0.2) is 19.2 Å². The van der Waals surface area contributed by atoms with E-state index in [2.05, 4.69) is 21.3 Å². The van der Waals surface area contributed by atoms with E-state index in [9.17, 15) is 19.2 Å². The molecular weight excluding hydrogens is 503 g/mol. The summed E-state index contributed by atoms with van der Waals surface area (Å²) in [7, 11) is -2.52. The molecule has 0 aliphatic heterocycles. The summed E-state index contributed by atoms with van der Waals surface area (Å²) >= 11 is 0. The largest absolute Gasteiger partial charge is 0.449 e. The third-order valence-electron chi connectivity index (χ3n) is 5.16. The van der Waals surface area contributed by atoms with Crippen LogP contribution in [0, 0.1) is 0 Å². The standard InChI is InChI=1S/C24H47N4O8P/c1-5-9-13-33-21(29)25-17-37(18-26-22(30)34-14-10-6-2,19-27-23(31)35-15-11-7-3)20-28-24(32)36-16-12-8-4/h5-20H2,1-4H3,(H3-,25,26,27,28,29,30,31,32)/p+1. The molecule has 0 aliphatic rings. The van der Waals surface area contributed by atoms with Crippen LogP contribution < -0.4 is 21.3 Å². The van der Waals surface area contributed by atoms with Crippen molar-refractivity contribution in [2.45, 2.75) is 79.1 Å². The van der Waals surface area contributed by atoms with E-state index in [0.29, 0.717) is 0 Å². The second-order valence-corrected chi connectivity index (χ2v) is 12.6. The van der Waals surface area contributed by atoms with Crippen molar-refractivity contribution < 1.29 is 38.1 Å². The number of nitrogens with one attached hydrogen (secondary N) is 4. The van der Waals surface area contributed by atoms with Gasteiger partial charge in [0.05, 0.1) is 33.7 Å². The third-order valence-corrected chi connectivity index (χ3v) is 8.48. The first-order chi connectivity index (χ1) is 17.8. The Morgan fingerprint density at radius 1 is 0.459 bits per heavy atom. The van der Waals surface area contributed by atoms with Crippen LogP contribution in [-0.4, -0.2) is 75.9 Å². The summed E-state index contributed by atoms with van der Waals surface area (Å²) in [4.78, 5) is 49.0. The maximum atomic E-state index is 12.3. The molecular formula is C24H48N4O8P+. The summed E-state index contributed by atoms with van der Waals surface area (Å²) in [5.74, 6) is 0. The first-order valence-electron chi connectivity index (χ1n) is 13.3. The molecule has 216 valence electrons. The predicted molar refractivity (Wildman–Crippen MR) is 144 cm³/mol. The average Bonchev–Trinajstić information content (AvgIpc) is 2.88. The quantitative estimate of drug-likeness (QED) is 0.0943. The van der Waals surface area contributed by atoms with Crippen LogP contribution in [0.4, 0.5) is 19.2 Å². The Morgan fingerprint density at radius 3 is 0.865 bits per heavy atom. The average molecular weight is 552 g/mol. The van der Waals surface area contributed by atoms with Crippen molar-refractivity contribution in [3.8, 4) is 0 Å². The molecule has 0 aliphatic carbocycles. The van der Waals surface area contributed by atoms with Crippen LogP contribution in [0.5, 0.6) is 0 Å². The van der Waals surface area contributed by atoms with Crippen molar-refractivity contribution in [3.63, 3.8) is 0 Å². The minimum Gasteiger partial charge on any atom is -0.449 e. The number of alkyl carbamates (subject to hydrolysis) is 4. The number of hydrogen-bond acceptors (Lipinski definition) is 8. The van der Waals surface area contributed by atoms with Crippen molar-refractivity contribution in [2.24, 2.45) is 0 Å². The fourth-order valence-electron chi connectivity index (χ4n) is 2.71. The zero-order valence-corrected chi connectivity index (χ0v) is 23.9. The monoisotopic (exact) mass is 551 g/mol. The normalized spacial score (nSPS) is 10.7. The molecule has 0 atom stereocenters. The van der Waals surface area contributed by atoms with Gasteiger partial charge in [0.2, 0.25) is 0 Å². The van der Waals surface area contributed by atoms with Crippen LogP contribution in [0.15, 0.2) is 0 Å². The molecule has 0 bridgehead atoms. The van der Waals surface area contributed by atoms with Gasteiger partial charge < -0.3 is 18.9 Å².